The second-order valence-corrected chi connectivity index (χ2v) is 8.66. The Kier molecular flexibility index (Phi) is 7.99. The van der Waals surface area contributed by atoms with E-state index in [1.165, 1.54) is 12.0 Å². The smallest absolute Gasteiger partial charge is 0.407 e. The minimum absolute atomic E-state index is 0.0334. The third-order valence-corrected chi connectivity index (χ3v) is 6.51. The van der Waals surface area contributed by atoms with E-state index in [9.17, 15) is 19.5 Å². The van der Waals surface area contributed by atoms with Gasteiger partial charge in [-0.05, 0) is 22.3 Å². The van der Waals surface area contributed by atoms with Crippen molar-refractivity contribution in [1.82, 2.24) is 10.2 Å². The van der Waals surface area contributed by atoms with E-state index < -0.39 is 24.1 Å². The van der Waals surface area contributed by atoms with E-state index in [1.807, 2.05) is 24.3 Å². The molecule has 35 heavy (non-hydrogen) atoms. The first-order chi connectivity index (χ1) is 17.0. The van der Waals surface area contributed by atoms with Crippen LogP contribution in [0.1, 0.15) is 23.5 Å². The van der Waals surface area contributed by atoms with Gasteiger partial charge in [-0.1, -0.05) is 48.5 Å². The first-order valence-corrected chi connectivity index (χ1v) is 11.7. The average Bonchev–Trinajstić information content (AvgIpc) is 3.00. The molecule has 2 aromatic carbocycles. The maximum atomic E-state index is 12.9. The Hall–Kier alpha value is -3.43. The Morgan fingerprint density at radius 3 is 2.40 bits per heavy atom. The summed E-state index contributed by atoms with van der Waals surface area (Å²) < 4.78 is 16.2. The number of amides is 2. The number of hydrogen-bond acceptors (Lipinski definition) is 6. The molecule has 2 aliphatic rings. The van der Waals surface area contributed by atoms with Crippen LogP contribution in [0.4, 0.5) is 4.79 Å². The zero-order valence-electron chi connectivity index (χ0n) is 19.6. The lowest BCUT2D eigenvalue weighted by molar-refractivity contribution is -0.146. The SMILES string of the molecule is COC(CCNC(=O)OCC1c2ccccc2-c2ccccc21)C(=O)N1CCOCC(C(=O)O)C1. The van der Waals surface area contributed by atoms with Crippen molar-refractivity contribution >= 4 is 18.0 Å². The fourth-order valence-electron chi connectivity index (χ4n) is 4.66. The maximum Gasteiger partial charge on any atom is 0.407 e. The van der Waals surface area contributed by atoms with Crippen molar-refractivity contribution in [1.29, 1.82) is 0 Å². The molecule has 1 aliphatic heterocycles. The van der Waals surface area contributed by atoms with Crippen molar-refractivity contribution in [3.8, 4) is 11.1 Å². The second kappa shape index (κ2) is 11.3. The molecule has 1 aliphatic carbocycles. The van der Waals surface area contributed by atoms with Gasteiger partial charge in [-0.3, -0.25) is 9.59 Å². The second-order valence-electron chi connectivity index (χ2n) is 8.66. The number of carboxylic acids is 1. The van der Waals surface area contributed by atoms with E-state index in [1.54, 1.807) is 0 Å². The molecular formula is C26H30N2O7. The van der Waals surface area contributed by atoms with Crippen LogP contribution in [-0.4, -0.2) is 80.6 Å². The number of aliphatic carboxylic acids is 1. The lowest BCUT2D eigenvalue weighted by Gasteiger charge is -2.26. The summed E-state index contributed by atoms with van der Waals surface area (Å²) in [5, 5.41) is 12.0. The third-order valence-electron chi connectivity index (χ3n) is 6.51. The van der Waals surface area contributed by atoms with Crippen LogP contribution in [0.15, 0.2) is 48.5 Å². The normalized spacial score (nSPS) is 18.2. The largest absolute Gasteiger partial charge is 0.481 e. The molecule has 0 bridgehead atoms. The lowest BCUT2D eigenvalue weighted by Crippen LogP contribution is -2.45. The van der Waals surface area contributed by atoms with Crippen molar-refractivity contribution in [2.45, 2.75) is 18.4 Å². The number of ether oxygens (including phenoxy) is 3. The highest BCUT2D eigenvalue weighted by Gasteiger charge is 2.31. The predicted molar refractivity (Wildman–Crippen MR) is 127 cm³/mol. The molecule has 186 valence electrons. The number of methoxy groups -OCH3 is 1. The van der Waals surface area contributed by atoms with Gasteiger partial charge in [-0.15, -0.1) is 0 Å². The Morgan fingerprint density at radius 2 is 1.77 bits per heavy atom. The summed E-state index contributed by atoms with van der Waals surface area (Å²) in [5.74, 6) is -2.14. The van der Waals surface area contributed by atoms with Crippen LogP contribution in [0.25, 0.3) is 11.1 Å². The zero-order valence-corrected chi connectivity index (χ0v) is 19.6. The number of hydrogen-bond donors (Lipinski definition) is 2. The fourth-order valence-corrected chi connectivity index (χ4v) is 4.66. The van der Waals surface area contributed by atoms with Crippen molar-refractivity contribution in [3.05, 3.63) is 59.7 Å². The topological polar surface area (TPSA) is 114 Å². The van der Waals surface area contributed by atoms with Gasteiger partial charge in [-0.25, -0.2) is 4.79 Å². The summed E-state index contributed by atoms with van der Waals surface area (Å²) in [6.45, 7) is 1.07. The van der Waals surface area contributed by atoms with Crippen LogP contribution in [0.5, 0.6) is 0 Å². The van der Waals surface area contributed by atoms with Crippen LogP contribution >= 0.6 is 0 Å². The summed E-state index contributed by atoms with van der Waals surface area (Å²) in [6, 6.07) is 16.2. The maximum absolute atomic E-state index is 12.9. The molecule has 0 aromatic heterocycles. The van der Waals surface area contributed by atoms with Gasteiger partial charge < -0.3 is 29.5 Å². The molecule has 9 heteroatoms. The van der Waals surface area contributed by atoms with Gasteiger partial charge in [0.15, 0.2) is 0 Å². The minimum atomic E-state index is -1.00. The van der Waals surface area contributed by atoms with E-state index in [0.29, 0.717) is 6.54 Å². The van der Waals surface area contributed by atoms with Gasteiger partial charge >= 0.3 is 12.1 Å². The number of fused-ring (bicyclic) bond motifs is 3. The Balaban J connectivity index is 1.27. The van der Waals surface area contributed by atoms with E-state index in [2.05, 4.69) is 29.6 Å². The fraction of sp³-hybridized carbons (Fsp3) is 0.423. The number of nitrogens with one attached hydrogen (secondary N) is 1. The average molecular weight is 483 g/mol. The van der Waals surface area contributed by atoms with Gasteiger partial charge in [0.1, 0.15) is 12.7 Å². The van der Waals surface area contributed by atoms with Crippen LogP contribution in [0.2, 0.25) is 0 Å². The van der Waals surface area contributed by atoms with Crippen LogP contribution in [0.3, 0.4) is 0 Å². The van der Waals surface area contributed by atoms with Gasteiger partial charge in [0.25, 0.3) is 5.91 Å². The summed E-state index contributed by atoms with van der Waals surface area (Å²) in [7, 11) is 1.42. The van der Waals surface area contributed by atoms with Gasteiger partial charge in [0.05, 0.1) is 19.1 Å². The number of benzene rings is 2. The summed E-state index contributed by atoms with van der Waals surface area (Å²) in [6.07, 6.45) is -1.14. The minimum Gasteiger partial charge on any atom is -0.481 e. The number of carbonyl (C=O) groups is 3. The monoisotopic (exact) mass is 482 g/mol. The first kappa shape index (κ1) is 24.7. The molecule has 0 radical (unpaired) electrons. The molecule has 2 amide bonds. The summed E-state index contributed by atoms with van der Waals surface area (Å²) >= 11 is 0. The number of rotatable bonds is 8. The molecule has 1 saturated heterocycles. The molecular weight excluding hydrogens is 452 g/mol. The molecule has 4 rings (SSSR count). The van der Waals surface area contributed by atoms with Crippen LogP contribution in [-0.2, 0) is 23.8 Å². The molecule has 1 heterocycles. The van der Waals surface area contributed by atoms with Crippen molar-refractivity contribution in [2.24, 2.45) is 5.92 Å². The van der Waals surface area contributed by atoms with Gasteiger partial charge in [0, 0.05) is 39.1 Å². The molecule has 2 aromatic rings. The molecule has 2 unspecified atom stereocenters. The Morgan fingerprint density at radius 1 is 1.11 bits per heavy atom. The highest BCUT2D eigenvalue weighted by atomic mass is 16.5. The van der Waals surface area contributed by atoms with E-state index in [0.717, 1.165) is 22.3 Å². The number of carbonyl (C=O) groups excluding carboxylic acids is 2. The van der Waals surface area contributed by atoms with Gasteiger partial charge in [-0.2, -0.15) is 0 Å². The molecule has 9 nitrogen and oxygen atoms in total. The lowest BCUT2D eigenvalue weighted by atomic mass is 9.98. The quantitative estimate of drug-likeness (QED) is 0.594. The zero-order chi connectivity index (χ0) is 24.8. The van der Waals surface area contributed by atoms with E-state index in [4.69, 9.17) is 14.2 Å². The Labute approximate surface area is 204 Å². The molecule has 1 fully saturated rings. The van der Waals surface area contributed by atoms with Crippen LogP contribution in [0, 0.1) is 5.92 Å². The van der Waals surface area contributed by atoms with Crippen molar-refractivity contribution in [3.63, 3.8) is 0 Å². The van der Waals surface area contributed by atoms with Crippen LogP contribution < -0.4 is 5.32 Å². The summed E-state index contributed by atoms with van der Waals surface area (Å²) in [5.41, 5.74) is 4.57. The summed E-state index contributed by atoms with van der Waals surface area (Å²) in [4.78, 5) is 38.0. The number of alkyl carbamates (subject to hydrolysis) is 1. The Bertz CT molecular complexity index is 1030. The number of carboxylic acid groups (broad SMARTS) is 1. The first-order valence-electron chi connectivity index (χ1n) is 11.7. The molecule has 0 saturated carbocycles. The molecule has 0 spiro atoms. The molecule has 2 atom stereocenters. The van der Waals surface area contributed by atoms with Gasteiger partial charge in [0.2, 0.25) is 0 Å². The third kappa shape index (κ3) is 5.63. The van der Waals surface area contributed by atoms with E-state index >= 15 is 0 Å². The highest BCUT2D eigenvalue weighted by molar-refractivity contribution is 5.82. The number of nitrogens with zero attached hydrogens (tertiary/aromatic N) is 1. The van der Waals surface area contributed by atoms with E-state index in [-0.39, 0.29) is 51.2 Å². The van der Waals surface area contributed by atoms with Crippen molar-refractivity contribution in [2.75, 3.05) is 46.6 Å². The standard InChI is InChI=1S/C26H30N2O7/c1-33-23(24(29)28-12-13-34-15-17(14-28)25(30)31)10-11-27-26(32)35-16-22-20-8-4-2-6-18(20)19-7-3-5-9-21(19)22/h2-9,17,22-23H,10-16H2,1H3,(H,27,32)(H,30,31). The predicted octanol–water partition coefficient (Wildman–Crippen LogP) is 2.49. The molecule has 2 N–H and O–H groups in total. The highest BCUT2D eigenvalue weighted by Crippen LogP contribution is 2.44. The van der Waals surface area contributed by atoms with Crippen molar-refractivity contribution < 1.29 is 33.7 Å².